The van der Waals surface area contributed by atoms with E-state index in [4.69, 9.17) is 4.74 Å². The first-order valence-corrected chi connectivity index (χ1v) is 14.3. The smallest absolute Gasteiger partial charge is 0.408 e. The average Bonchev–Trinajstić information content (AvgIpc) is 2.89. The van der Waals surface area contributed by atoms with Crippen LogP contribution < -0.4 is 10.6 Å². The Morgan fingerprint density at radius 3 is 2.27 bits per heavy atom. The summed E-state index contributed by atoms with van der Waals surface area (Å²) in [5.74, 6) is -0.751. The highest BCUT2D eigenvalue weighted by Gasteiger charge is 2.37. The number of alkyl carbamates (subject to hydrolysis) is 1. The molecule has 2 unspecified atom stereocenters. The molecule has 3 amide bonds. The summed E-state index contributed by atoms with van der Waals surface area (Å²) in [6, 6.07) is 13.1. The molecule has 2 aromatic rings. The van der Waals surface area contributed by atoms with Gasteiger partial charge in [-0.2, -0.15) is 0 Å². The monoisotopic (exact) mass is 551 g/mol. The predicted octanol–water partition coefficient (Wildman–Crippen LogP) is 4.75. The molecule has 0 radical (unpaired) electrons. The summed E-state index contributed by atoms with van der Waals surface area (Å²) < 4.78 is 5.47. The Kier molecular flexibility index (Phi) is 11.1. The largest absolute Gasteiger partial charge is 0.444 e. The maximum absolute atomic E-state index is 14.3. The topological polar surface area (TPSA) is 108 Å². The number of nitrogens with zero attached hydrogens (tertiary/aromatic N) is 1. The minimum Gasteiger partial charge on any atom is -0.444 e. The quantitative estimate of drug-likeness (QED) is 0.395. The van der Waals surface area contributed by atoms with Gasteiger partial charge < -0.3 is 25.4 Å². The molecule has 0 bridgehead atoms. The average molecular weight is 552 g/mol. The van der Waals surface area contributed by atoms with E-state index in [0.717, 1.165) is 48.8 Å². The minimum absolute atomic E-state index is 0.0429. The summed E-state index contributed by atoms with van der Waals surface area (Å²) in [5.41, 5.74) is 2.82. The van der Waals surface area contributed by atoms with Gasteiger partial charge in [0.05, 0.1) is 6.61 Å². The number of aliphatic hydroxyl groups excluding tert-OH is 1. The van der Waals surface area contributed by atoms with Crippen molar-refractivity contribution in [2.75, 3.05) is 13.2 Å². The number of hydrogen-bond acceptors (Lipinski definition) is 5. The van der Waals surface area contributed by atoms with Gasteiger partial charge in [-0.15, -0.1) is 0 Å². The van der Waals surface area contributed by atoms with E-state index in [9.17, 15) is 19.5 Å². The van der Waals surface area contributed by atoms with E-state index < -0.39 is 29.7 Å². The SMILES string of the molecule is Cc1ccc(C(C(=O)NC2CCCCC2)N(CCO)C(=O)C(Cc2ccccc2)NC(=O)OC(C)(C)C)cc1C. The molecule has 0 heterocycles. The lowest BCUT2D eigenvalue weighted by molar-refractivity contribution is -0.143. The number of carbonyl (C=O) groups is 3. The van der Waals surface area contributed by atoms with Crippen LogP contribution in [0.4, 0.5) is 4.79 Å². The van der Waals surface area contributed by atoms with Crippen molar-refractivity contribution < 1.29 is 24.2 Å². The van der Waals surface area contributed by atoms with E-state index in [1.807, 2.05) is 62.4 Å². The Morgan fingerprint density at radius 1 is 1.00 bits per heavy atom. The highest BCUT2D eigenvalue weighted by molar-refractivity contribution is 5.92. The van der Waals surface area contributed by atoms with Crippen molar-refractivity contribution in [1.29, 1.82) is 0 Å². The third-order valence-electron chi connectivity index (χ3n) is 7.25. The molecule has 0 saturated heterocycles. The fourth-order valence-corrected chi connectivity index (χ4v) is 5.11. The Balaban J connectivity index is 2.00. The lowest BCUT2D eigenvalue weighted by atomic mass is 9.94. The second kappa shape index (κ2) is 14.3. The number of hydrogen-bond donors (Lipinski definition) is 3. The lowest BCUT2D eigenvalue weighted by Crippen LogP contribution is -2.55. The zero-order valence-corrected chi connectivity index (χ0v) is 24.5. The number of benzene rings is 2. The second-order valence-electron chi connectivity index (χ2n) is 11.7. The maximum Gasteiger partial charge on any atom is 0.408 e. The van der Waals surface area contributed by atoms with Crippen molar-refractivity contribution >= 4 is 17.9 Å². The summed E-state index contributed by atoms with van der Waals surface area (Å²) in [4.78, 5) is 42.4. The molecule has 2 atom stereocenters. The number of ether oxygens (including phenoxy) is 1. The van der Waals surface area contributed by atoms with E-state index in [2.05, 4.69) is 10.6 Å². The number of aryl methyl sites for hydroxylation is 2. The molecule has 1 aliphatic rings. The van der Waals surface area contributed by atoms with Gasteiger partial charge >= 0.3 is 6.09 Å². The molecule has 1 aliphatic carbocycles. The number of rotatable bonds is 10. The van der Waals surface area contributed by atoms with Gasteiger partial charge in [-0.25, -0.2) is 4.79 Å². The highest BCUT2D eigenvalue weighted by atomic mass is 16.6. The van der Waals surface area contributed by atoms with Crippen molar-refractivity contribution in [3.8, 4) is 0 Å². The van der Waals surface area contributed by atoms with Gasteiger partial charge in [0.15, 0.2) is 0 Å². The van der Waals surface area contributed by atoms with Crippen molar-refractivity contribution in [2.45, 2.75) is 96.9 Å². The summed E-state index contributed by atoms with van der Waals surface area (Å²) in [6.45, 7) is 8.81. The maximum atomic E-state index is 14.3. The number of nitrogens with one attached hydrogen (secondary N) is 2. The molecular formula is C32H45N3O5. The molecule has 3 N–H and O–H groups in total. The second-order valence-corrected chi connectivity index (χ2v) is 11.7. The first-order chi connectivity index (χ1) is 19.0. The summed E-state index contributed by atoms with van der Waals surface area (Å²) in [7, 11) is 0. The molecule has 1 fully saturated rings. The lowest BCUT2D eigenvalue weighted by Gasteiger charge is -2.35. The van der Waals surface area contributed by atoms with E-state index in [0.29, 0.717) is 5.56 Å². The predicted molar refractivity (Wildman–Crippen MR) is 156 cm³/mol. The first-order valence-electron chi connectivity index (χ1n) is 14.3. The van der Waals surface area contributed by atoms with Crippen LogP contribution in [-0.2, 0) is 20.7 Å². The Bertz CT molecular complexity index is 1140. The molecule has 2 aromatic carbocycles. The van der Waals surface area contributed by atoms with Gasteiger partial charge in [0.1, 0.15) is 17.7 Å². The van der Waals surface area contributed by atoms with E-state index in [1.165, 1.54) is 4.90 Å². The van der Waals surface area contributed by atoms with Crippen molar-refractivity contribution in [3.63, 3.8) is 0 Å². The van der Waals surface area contributed by atoms with Crippen LogP contribution in [0.15, 0.2) is 48.5 Å². The number of aliphatic hydroxyl groups is 1. The van der Waals surface area contributed by atoms with Gasteiger partial charge in [-0.05, 0) is 69.7 Å². The summed E-state index contributed by atoms with van der Waals surface area (Å²) in [6.07, 6.45) is 4.53. The Labute approximate surface area is 238 Å². The van der Waals surface area contributed by atoms with Crippen LogP contribution in [0.25, 0.3) is 0 Å². The molecule has 0 aromatic heterocycles. The molecular weight excluding hydrogens is 506 g/mol. The third kappa shape index (κ3) is 9.08. The third-order valence-corrected chi connectivity index (χ3v) is 7.25. The van der Waals surface area contributed by atoms with Gasteiger partial charge in [0.25, 0.3) is 0 Å². The highest BCUT2D eigenvalue weighted by Crippen LogP contribution is 2.27. The van der Waals surface area contributed by atoms with Crippen molar-refractivity contribution in [3.05, 3.63) is 70.8 Å². The van der Waals surface area contributed by atoms with Crippen LogP contribution in [0.2, 0.25) is 0 Å². The van der Waals surface area contributed by atoms with Gasteiger partial charge in [0.2, 0.25) is 11.8 Å². The zero-order chi connectivity index (χ0) is 29.3. The van der Waals surface area contributed by atoms with E-state index in [-0.39, 0.29) is 31.5 Å². The molecule has 218 valence electrons. The normalized spacial score (nSPS) is 15.6. The Morgan fingerprint density at radius 2 is 1.68 bits per heavy atom. The Hall–Kier alpha value is -3.39. The molecule has 8 heteroatoms. The fourth-order valence-electron chi connectivity index (χ4n) is 5.11. The van der Waals surface area contributed by atoms with Gasteiger partial charge in [0, 0.05) is 19.0 Å². The number of amides is 3. The molecule has 0 spiro atoms. The number of carbonyl (C=O) groups excluding carboxylic acids is 3. The summed E-state index contributed by atoms with van der Waals surface area (Å²) >= 11 is 0. The zero-order valence-electron chi connectivity index (χ0n) is 24.5. The van der Waals surface area contributed by atoms with Crippen molar-refractivity contribution in [1.82, 2.24) is 15.5 Å². The molecule has 40 heavy (non-hydrogen) atoms. The van der Waals surface area contributed by atoms with Gasteiger partial charge in [-0.1, -0.05) is 67.8 Å². The van der Waals surface area contributed by atoms with E-state index >= 15 is 0 Å². The van der Waals surface area contributed by atoms with Crippen LogP contribution in [0.3, 0.4) is 0 Å². The van der Waals surface area contributed by atoms with Gasteiger partial charge in [-0.3, -0.25) is 9.59 Å². The van der Waals surface area contributed by atoms with Crippen molar-refractivity contribution in [2.24, 2.45) is 0 Å². The standard InChI is InChI=1S/C32H45N3O5/c1-22-16-17-25(20-23(22)2)28(29(37)33-26-14-10-7-11-15-26)35(18-19-36)30(38)27(21-24-12-8-6-9-13-24)34-31(39)40-32(3,4)5/h6,8-9,12-13,16-17,20,26-28,36H,7,10-11,14-15,18-19,21H2,1-5H3,(H,33,37)(H,34,39). The first kappa shape index (κ1) is 31.1. The fraction of sp³-hybridized carbons (Fsp3) is 0.531. The molecule has 1 saturated carbocycles. The van der Waals surface area contributed by atoms with Crippen LogP contribution in [0.5, 0.6) is 0 Å². The molecule has 0 aliphatic heterocycles. The van der Waals surface area contributed by atoms with Crippen LogP contribution in [0.1, 0.15) is 81.2 Å². The minimum atomic E-state index is -1.01. The van der Waals surface area contributed by atoms with Crippen LogP contribution >= 0.6 is 0 Å². The molecule has 3 rings (SSSR count). The summed E-state index contributed by atoms with van der Waals surface area (Å²) in [5, 5.41) is 16.0. The molecule has 8 nitrogen and oxygen atoms in total. The van der Waals surface area contributed by atoms with Crippen LogP contribution in [0, 0.1) is 13.8 Å². The van der Waals surface area contributed by atoms with Crippen LogP contribution in [-0.4, -0.2) is 58.8 Å². The van der Waals surface area contributed by atoms with E-state index in [1.54, 1.807) is 20.8 Å².